The maximum absolute atomic E-state index is 5.31. The average molecular weight is 278 g/mol. The van der Waals surface area contributed by atoms with Crippen LogP contribution >= 0.6 is 0 Å². The molecule has 4 heteroatoms. The molecule has 0 aliphatic carbocycles. The molecule has 0 atom stereocenters. The summed E-state index contributed by atoms with van der Waals surface area (Å²) in [5.41, 5.74) is 1.07. The van der Waals surface area contributed by atoms with Crippen molar-refractivity contribution >= 4 is 5.69 Å². The van der Waals surface area contributed by atoms with Crippen LogP contribution in [-0.4, -0.2) is 44.3 Å². The van der Waals surface area contributed by atoms with Crippen molar-refractivity contribution in [3.05, 3.63) is 18.2 Å². The highest BCUT2D eigenvalue weighted by molar-refractivity contribution is 5.54. The van der Waals surface area contributed by atoms with Crippen molar-refractivity contribution in [1.82, 2.24) is 4.90 Å². The Bertz CT molecular complexity index is 404. The summed E-state index contributed by atoms with van der Waals surface area (Å²) in [6.07, 6.45) is 2.36. The summed E-state index contributed by atoms with van der Waals surface area (Å²) >= 11 is 0. The third-order valence-corrected chi connectivity index (χ3v) is 3.98. The van der Waals surface area contributed by atoms with Gasteiger partial charge in [-0.1, -0.05) is 0 Å². The Kier molecular flexibility index (Phi) is 5.12. The van der Waals surface area contributed by atoms with Gasteiger partial charge in [-0.3, -0.25) is 0 Å². The smallest absolute Gasteiger partial charge is 0.124 e. The molecule has 0 aromatic heterocycles. The van der Waals surface area contributed by atoms with Crippen molar-refractivity contribution in [1.29, 1.82) is 0 Å². The van der Waals surface area contributed by atoms with Crippen LogP contribution in [0.5, 0.6) is 11.5 Å². The van der Waals surface area contributed by atoms with Crippen LogP contribution in [0.2, 0.25) is 0 Å². The highest BCUT2D eigenvalue weighted by Crippen LogP contribution is 2.27. The number of piperidine rings is 1. The SMILES string of the molecule is COc1cc(NC2CCN(C(C)C)CC2)cc(OC)c1. The van der Waals surface area contributed by atoms with Crippen molar-refractivity contribution in [2.75, 3.05) is 32.6 Å². The van der Waals surface area contributed by atoms with Crippen molar-refractivity contribution in [3.8, 4) is 11.5 Å². The Morgan fingerprint density at radius 2 is 1.60 bits per heavy atom. The lowest BCUT2D eigenvalue weighted by molar-refractivity contribution is 0.177. The molecule has 0 spiro atoms. The topological polar surface area (TPSA) is 33.7 Å². The molecule has 1 heterocycles. The van der Waals surface area contributed by atoms with Gasteiger partial charge in [0.2, 0.25) is 0 Å². The van der Waals surface area contributed by atoms with Crippen molar-refractivity contribution in [2.45, 2.75) is 38.8 Å². The molecule has 1 aliphatic rings. The molecular weight excluding hydrogens is 252 g/mol. The van der Waals surface area contributed by atoms with E-state index in [4.69, 9.17) is 9.47 Å². The quantitative estimate of drug-likeness (QED) is 0.898. The van der Waals surface area contributed by atoms with E-state index in [1.807, 2.05) is 18.2 Å². The lowest BCUT2D eigenvalue weighted by Crippen LogP contribution is -2.42. The number of hydrogen-bond acceptors (Lipinski definition) is 4. The summed E-state index contributed by atoms with van der Waals surface area (Å²) < 4.78 is 10.6. The van der Waals surface area contributed by atoms with Gasteiger partial charge in [-0.25, -0.2) is 0 Å². The number of nitrogens with one attached hydrogen (secondary N) is 1. The monoisotopic (exact) mass is 278 g/mol. The zero-order valence-corrected chi connectivity index (χ0v) is 13.0. The molecule has 1 aromatic rings. The molecule has 1 N–H and O–H groups in total. The van der Waals surface area contributed by atoms with E-state index in [1.54, 1.807) is 14.2 Å². The van der Waals surface area contributed by atoms with E-state index < -0.39 is 0 Å². The molecule has 2 rings (SSSR count). The first-order valence-electron chi connectivity index (χ1n) is 7.36. The highest BCUT2D eigenvalue weighted by atomic mass is 16.5. The van der Waals surface area contributed by atoms with E-state index in [0.29, 0.717) is 12.1 Å². The summed E-state index contributed by atoms with van der Waals surface area (Å²) in [6.45, 7) is 6.86. The largest absolute Gasteiger partial charge is 0.497 e. The summed E-state index contributed by atoms with van der Waals surface area (Å²) in [4.78, 5) is 2.53. The maximum atomic E-state index is 5.31. The molecule has 1 aromatic carbocycles. The Labute approximate surface area is 122 Å². The minimum atomic E-state index is 0.529. The number of nitrogens with zero attached hydrogens (tertiary/aromatic N) is 1. The Morgan fingerprint density at radius 1 is 1.05 bits per heavy atom. The lowest BCUT2D eigenvalue weighted by atomic mass is 10.0. The van der Waals surface area contributed by atoms with Gasteiger partial charge in [0.25, 0.3) is 0 Å². The number of rotatable bonds is 5. The summed E-state index contributed by atoms with van der Waals surface area (Å²) in [7, 11) is 3.36. The second-order valence-corrected chi connectivity index (χ2v) is 5.65. The van der Waals surface area contributed by atoms with E-state index in [0.717, 1.165) is 30.3 Å². The third kappa shape index (κ3) is 3.79. The fourth-order valence-corrected chi connectivity index (χ4v) is 2.69. The average Bonchev–Trinajstić information content (AvgIpc) is 2.47. The maximum Gasteiger partial charge on any atom is 0.124 e. The molecule has 0 amide bonds. The minimum Gasteiger partial charge on any atom is -0.497 e. The summed E-state index contributed by atoms with van der Waals surface area (Å²) in [5, 5.41) is 3.60. The Hall–Kier alpha value is -1.42. The van der Waals surface area contributed by atoms with Gasteiger partial charge in [-0.15, -0.1) is 0 Å². The molecule has 4 nitrogen and oxygen atoms in total. The molecule has 20 heavy (non-hydrogen) atoms. The van der Waals surface area contributed by atoms with Crippen LogP contribution in [0.3, 0.4) is 0 Å². The van der Waals surface area contributed by atoms with Crippen LogP contribution < -0.4 is 14.8 Å². The molecule has 1 saturated heterocycles. The highest BCUT2D eigenvalue weighted by Gasteiger charge is 2.20. The molecule has 112 valence electrons. The molecular formula is C16H26N2O2. The number of ether oxygens (including phenoxy) is 2. The van der Waals surface area contributed by atoms with Crippen molar-refractivity contribution < 1.29 is 9.47 Å². The van der Waals surface area contributed by atoms with Gasteiger partial charge in [0, 0.05) is 49.1 Å². The van der Waals surface area contributed by atoms with E-state index in [9.17, 15) is 0 Å². The minimum absolute atomic E-state index is 0.529. The van der Waals surface area contributed by atoms with Gasteiger partial charge in [0.1, 0.15) is 11.5 Å². The van der Waals surface area contributed by atoms with Gasteiger partial charge in [0.15, 0.2) is 0 Å². The second kappa shape index (κ2) is 6.84. The van der Waals surface area contributed by atoms with E-state index in [-0.39, 0.29) is 0 Å². The van der Waals surface area contributed by atoms with Gasteiger partial charge in [0.05, 0.1) is 14.2 Å². The van der Waals surface area contributed by atoms with Crippen LogP contribution in [0.25, 0.3) is 0 Å². The number of likely N-dealkylation sites (tertiary alicyclic amines) is 1. The zero-order chi connectivity index (χ0) is 14.5. The van der Waals surface area contributed by atoms with E-state index in [2.05, 4.69) is 24.1 Å². The van der Waals surface area contributed by atoms with Crippen LogP contribution in [0.4, 0.5) is 5.69 Å². The fourth-order valence-electron chi connectivity index (χ4n) is 2.69. The molecule has 0 radical (unpaired) electrons. The molecule has 0 saturated carbocycles. The fraction of sp³-hybridized carbons (Fsp3) is 0.625. The number of hydrogen-bond donors (Lipinski definition) is 1. The van der Waals surface area contributed by atoms with Crippen LogP contribution in [0.15, 0.2) is 18.2 Å². The number of benzene rings is 1. The third-order valence-electron chi connectivity index (χ3n) is 3.98. The molecule has 0 unspecified atom stereocenters. The van der Waals surface area contributed by atoms with Crippen molar-refractivity contribution in [3.63, 3.8) is 0 Å². The first-order chi connectivity index (χ1) is 9.62. The second-order valence-electron chi connectivity index (χ2n) is 5.65. The Balaban J connectivity index is 1.97. The normalized spacial score (nSPS) is 17.2. The Morgan fingerprint density at radius 3 is 2.05 bits per heavy atom. The van der Waals surface area contributed by atoms with Crippen molar-refractivity contribution in [2.24, 2.45) is 0 Å². The zero-order valence-electron chi connectivity index (χ0n) is 13.0. The summed E-state index contributed by atoms with van der Waals surface area (Å²) in [5.74, 6) is 1.65. The summed E-state index contributed by atoms with van der Waals surface area (Å²) in [6, 6.07) is 7.12. The van der Waals surface area contributed by atoms with E-state index >= 15 is 0 Å². The predicted octanol–water partition coefficient (Wildman–Crippen LogP) is 2.99. The van der Waals surface area contributed by atoms with E-state index in [1.165, 1.54) is 12.8 Å². The molecule has 1 fully saturated rings. The predicted molar refractivity (Wildman–Crippen MR) is 82.9 cm³/mol. The number of methoxy groups -OCH3 is 2. The van der Waals surface area contributed by atoms with Gasteiger partial charge < -0.3 is 19.7 Å². The standard InChI is InChI=1S/C16H26N2O2/c1-12(2)18-7-5-13(6-8-18)17-14-9-15(19-3)11-16(10-14)20-4/h9-13,17H,5-8H2,1-4H3. The van der Waals surface area contributed by atoms with Gasteiger partial charge in [-0.05, 0) is 26.7 Å². The van der Waals surface area contributed by atoms with Crippen LogP contribution in [0, 0.1) is 0 Å². The first-order valence-corrected chi connectivity index (χ1v) is 7.36. The number of anilines is 1. The molecule has 1 aliphatic heterocycles. The molecule has 0 bridgehead atoms. The van der Waals surface area contributed by atoms with Crippen LogP contribution in [0.1, 0.15) is 26.7 Å². The van der Waals surface area contributed by atoms with Crippen LogP contribution in [-0.2, 0) is 0 Å². The lowest BCUT2D eigenvalue weighted by Gasteiger charge is -2.35. The first kappa shape index (κ1) is 15.0. The van der Waals surface area contributed by atoms with Gasteiger partial charge in [-0.2, -0.15) is 0 Å². The van der Waals surface area contributed by atoms with Gasteiger partial charge >= 0.3 is 0 Å².